The van der Waals surface area contributed by atoms with E-state index in [-0.39, 0.29) is 17.7 Å². The third kappa shape index (κ3) is 1.04. The van der Waals surface area contributed by atoms with Crippen LogP contribution in [0.5, 0.6) is 0 Å². The molecule has 0 aromatic carbocycles. The quantitative estimate of drug-likeness (QED) is 0.671. The van der Waals surface area contributed by atoms with Crippen molar-refractivity contribution in [3.05, 3.63) is 0 Å². The normalized spacial score (nSPS) is 37.2. The number of fused-ring (bicyclic) bond motifs is 2. The molecular formula is C9H13NO3. The molecule has 4 heteroatoms. The van der Waals surface area contributed by atoms with Crippen LogP contribution in [-0.4, -0.2) is 34.5 Å². The van der Waals surface area contributed by atoms with Gasteiger partial charge in [-0.05, 0) is 25.7 Å². The molecule has 0 radical (unpaired) electrons. The van der Waals surface area contributed by atoms with Crippen molar-refractivity contribution in [2.24, 2.45) is 11.8 Å². The minimum atomic E-state index is -0.849. The first kappa shape index (κ1) is 8.53. The monoisotopic (exact) mass is 183 g/mol. The van der Waals surface area contributed by atoms with Crippen molar-refractivity contribution in [3.63, 3.8) is 0 Å². The number of nitrogens with zero attached hydrogens (tertiary/aromatic N) is 1. The van der Waals surface area contributed by atoms with E-state index in [4.69, 9.17) is 5.11 Å². The van der Waals surface area contributed by atoms with Gasteiger partial charge in [0.15, 0.2) is 0 Å². The third-order valence-electron chi connectivity index (χ3n) is 3.18. The number of carboxylic acids is 1. The Bertz CT molecular complexity index is 258. The molecule has 3 fully saturated rings. The second-order valence-corrected chi connectivity index (χ2v) is 3.84. The molecule has 2 aliphatic heterocycles. The molecule has 0 aromatic rings. The van der Waals surface area contributed by atoms with Gasteiger partial charge >= 0.3 is 5.97 Å². The average molecular weight is 183 g/mol. The molecule has 0 spiro atoms. The summed E-state index contributed by atoms with van der Waals surface area (Å²) in [5.74, 6) is -0.476. The van der Waals surface area contributed by atoms with Crippen LogP contribution in [0.2, 0.25) is 0 Å². The number of aliphatic carboxylic acids is 1. The van der Waals surface area contributed by atoms with E-state index >= 15 is 0 Å². The van der Waals surface area contributed by atoms with Crippen LogP contribution in [0.3, 0.4) is 0 Å². The topological polar surface area (TPSA) is 57.6 Å². The van der Waals surface area contributed by atoms with E-state index < -0.39 is 12.0 Å². The zero-order chi connectivity index (χ0) is 9.59. The lowest BCUT2D eigenvalue weighted by atomic mass is 9.66. The number of likely N-dealkylation sites (N-methyl/N-ethyl adjacent to an activating group) is 1. The van der Waals surface area contributed by atoms with Crippen LogP contribution in [0.15, 0.2) is 0 Å². The highest BCUT2D eigenvalue weighted by atomic mass is 16.4. The minimum Gasteiger partial charge on any atom is -0.480 e. The van der Waals surface area contributed by atoms with Crippen LogP contribution in [0, 0.1) is 11.8 Å². The molecule has 3 rings (SSSR count). The summed E-state index contributed by atoms with van der Waals surface area (Å²) in [5, 5.41) is 8.96. The molecule has 4 nitrogen and oxygen atoms in total. The van der Waals surface area contributed by atoms with Gasteiger partial charge in [-0.3, -0.25) is 4.79 Å². The molecule has 1 saturated carbocycles. The number of carboxylic acid groups (broad SMARTS) is 1. The van der Waals surface area contributed by atoms with E-state index in [2.05, 4.69) is 0 Å². The first-order valence-electron chi connectivity index (χ1n) is 4.68. The van der Waals surface area contributed by atoms with Crippen LogP contribution in [0.1, 0.15) is 19.8 Å². The van der Waals surface area contributed by atoms with E-state index in [9.17, 15) is 9.59 Å². The highest BCUT2D eigenvalue weighted by Crippen LogP contribution is 2.44. The summed E-state index contributed by atoms with van der Waals surface area (Å²) >= 11 is 0. The number of carbonyl (C=O) groups excluding carboxylic acids is 1. The predicted molar refractivity (Wildman–Crippen MR) is 45.0 cm³/mol. The summed E-state index contributed by atoms with van der Waals surface area (Å²) in [5.41, 5.74) is 0. The second kappa shape index (κ2) is 2.72. The van der Waals surface area contributed by atoms with E-state index in [0.29, 0.717) is 6.54 Å². The Hall–Kier alpha value is -1.06. The van der Waals surface area contributed by atoms with E-state index in [0.717, 1.165) is 12.8 Å². The molecule has 72 valence electrons. The highest BCUT2D eigenvalue weighted by Gasteiger charge is 2.52. The average Bonchev–Trinajstić information content (AvgIpc) is 2.00. The molecule has 1 aliphatic carbocycles. The van der Waals surface area contributed by atoms with Crippen molar-refractivity contribution < 1.29 is 14.7 Å². The summed E-state index contributed by atoms with van der Waals surface area (Å²) in [7, 11) is 0. The Morgan fingerprint density at radius 1 is 1.62 bits per heavy atom. The van der Waals surface area contributed by atoms with Crippen LogP contribution >= 0.6 is 0 Å². The summed E-state index contributed by atoms with van der Waals surface area (Å²) in [6.45, 7) is 2.35. The number of carbonyl (C=O) groups is 2. The van der Waals surface area contributed by atoms with Gasteiger partial charge in [-0.25, -0.2) is 4.79 Å². The molecule has 1 N–H and O–H groups in total. The van der Waals surface area contributed by atoms with Gasteiger partial charge in [-0.1, -0.05) is 0 Å². The smallest absolute Gasteiger partial charge is 0.326 e. The number of piperidine rings is 2. The third-order valence-corrected chi connectivity index (χ3v) is 3.18. The van der Waals surface area contributed by atoms with Gasteiger partial charge < -0.3 is 10.0 Å². The Kier molecular flexibility index (Phi) is 1.78. The number of hydrogen-bond donors (Lipinski definition) is 1. The molecular weight excluding hydrogens is 170 g/mol. The zero-order valence-electron chi connectivity index (χ0n) is 7.56. The standard InChI is InChI=1S/C9H13NO3/c1-2-10-7(9(12)13)5-3-6(4-5)8(10)11/h5-7H,2-4H2,1H3,(H,12,13). The highest BCUT2D eigenvalue weighted by molar-refractivity contribution is 5.88. The summed E-state index contributed by atoms with van der Waals surface area (Å²) in [6, 6.07) is -0.553. The van der Waals surface area contributed by atoms with Gasteiger partial charge in [-0.2, -0.15) is 0 Å². The predicted octanol–water partition coefficient (Wildman–Crippen LogP) is 0.328. The molecule has 13 heavy (non-hydrogen) atoms. The Labute approximate surface area is 76.5 Å². The minimum absolute atomic E-state index is 0.0393. The number of hydrogen-bond acceptors (Lipinski definition) is 2. The largest absolute Gasteiger partial charge is 0.480 e. The number of amides is 1. The van der Waals surface area contributed by atoms with Gasteiger partial charge in [-0.15, -0.1) is 0 Å². The summed E-state index contributed by atoms with van der Waals surface area (Å²) in [4.78, 5) is 24.0. The van der Waals surface area contributed by atoms with Crippen LogP contribution in [-0.2, 0) is 9.59 Å². The fourth-order valence-corrected chi connectivity index (χ4v) is 2.43. The summed E-state index contributed by atoms with van der Waals surface area (Å²) < 4.78 is 0. The fourth-order valence-electron chi connectivity index (χ4n) is 2.43. The van der Waals surface area contributed by atoms with Crippen molar-refractivity contribution in [2.45, 2.75) is 25.8 Å². The van der Waals surface area contributed by atoms with E-state index in [1.807, 2.05) is 6.92 Å². The molecule has 3 aliphatic rings. The molecule has 2 saturated heterocycles. The van der Waals surface area contributed by atoms with Crippen molar-refractivity contribution >= 4 is 11.9 Å². The first-order valence-corrected chi connectivity index (χ1v) is 4.68. The van der Waals surface area contributed by atoms with E-state index in [1.54, 1.807) is 0 Å². The van der Waals surface area contributed by atoms with Gasteiger partial charge in [0.1, 0.15) is 6.04 Å². The van der Waals surface area contributed by atoms with Crippen molar-refractivity contribution in [3.8, 4) is 0 Å². The molecule has 1 unspecified atom stereocenters. The second-order valence-electron chi connectivity index (χ2n) is 3.84. The number of rotatable bonds is 2. The lowest BCUT2D eigenvalue weighted by Crippen LogP contribution is -2.61. The lowest BCUT2D eigenvalue weighted by molar-refractivity contribution is -0.169. The molecule has 2 heterocycles. The first-order chi connectivity index (χ1) is 6.15. The molecule has 2 bridgehead atoms. The Morgan fingerprint density at radius 2 is 2.23 bits per heavy atom. The van der Waals surface area contributed by atoms with Crippen LogP contribution in [0.25, 0.3) is 0 Å². The van der Waals surface area contributed by atoms with Gasteiger partial charge in [0.2, 0.25) is 5.91 Å². The zero-order valence-corrected chi connectivity index (χ0v) is 7.56. The SMILES string of the molecule is CCN1C(=O)C2CC(C2)C1C(=O)O. The maximum Gasteiger partial charge on any atom is 0.326 e. The maximum absolute atomic E-state index is 11.6. The van der Waals surface area contributed by atoms with Gasteiger partial charge in [0.05, 0.1) is 0 Å². The Balaban J connectivity index is 2.22. The maximum atomic E-state index is 11.6. The molecule has 0 aromatic heterocycles. The molecule has 1 atom stereocenters. The van der Waals surface area contributed by atoms with Crippen molar-refractivity contribution in [2.75, 3.05) is 6.54 Å². The van der Waals surface area contributed by atoms with Crippen molar-refractivity contribution in [1.82, 2.24) is 4.90 Å². The molecule has 1 amide bonds. The van der Waals surface area contributed by atoms with Crippen LogP contribution in [0.4, 0.5) is 0 Å². The van der Waals surface area contributed by atoms with E-state index in [1.165, 1.54) is 4.90 Å². The van der Waals surface area contributed by atoms with Crippen LogP contribution < -0.4 is 0 Å². The summed E-state index contributed by atoms with van der Waals surface area (Å²) in [6.07, 6.45) is 1.57. The Morgan fingerprint density at radius 3 is 2.62 bits per heavy atom. The van der Waals surface area contributed by atoms with Gasteiger partial charge in [0.25, 0.3) is 0 Å². The fraction of sp³-hybridized carbons (Fsp3) is 0.778. The van der Waals surface area contributed by atoms with Crippen molar-refractivity contribution in [1.29, 1.82) is 0 Å². The lowest BCUT2D eigenvalue weighted by Gasteiger charge is -2.50. The van der Waals surface area contributed by atoms with Gasteiger partial charge in [0, 0.05) is 12.5 Å².